The lowest BCUT2D eigenvalue weighted by Crippen LogP contribution is -2.29. The Morgan fingerprint density at radius 1 is 0.465 bits per heavy atom. The monoisotopic (exact) mass is 602 g/mol. The summed E-state index contributed by atoms with van der Waals surface area (Å²) in [5, 5.41) is 3.18. The fourth-order valence-corrected chi connectivity index (χ4v) is 3.78. The van der Waals surface area contributed by atoms with Gasteiger partial charge in [-0.25, -0.2) is 33.6 Å². The molecule has 0 aromatic heterocycles. The van der Waals surface area contributed by atoms with Crippen LogP contribution in [0.1, 0.15) is 72.5 Å². The van der Waals surface area contributed by atoms with Crippen molar-refractivity contribution in [3.05, 3.63) is 68.6 Å². The van der Waals surface area contributed by atoms with Crippen molar-refractivity contribution in [1.29, 1.82) is 0 Å². The van der Waals surface area contributed by atoms with Gasteiger partial charge in [0.1, 0.15) is 16.5 Å². The summed E-state index contributed by atoms with van der Waals surface area (Å²) in [5.41, 5.74) is -3.67. The first-order valence-corrected chi connectivity index (χ1v) is 11.7. The first kappa shape index (κ1) is 33.4. The largest absolute Gasteiger partial charge is 0.465 e. The summed E-state index contributed by atoms with van der Waals surface area (Å²) in [4.78, 5) is 91.9. The van der Waals surface area contributed by atoms with Gasteiger partial charge in [-0.2, -0.15) is 5.10 Å². The minimum atomic E-state index is -1.45. The van der Waals surface area contributed by atoms with Crippen molar-refractivity contribution in [3.63, 3.8) is 0 Å². The molecule has 2 rings (SSSR count). The summed E-state index contributed by atoms with van der Waals surface area (Å²) in [6.45, 7) is 0. The van der Waals surface area contributed by atoms with E-state index in [1.165, 1.54) is 24.3 Å². The van der Waals surface area contributed by atoms with Gasteiger partial charge in [-0.3, -0.25) is 5.43 Å². The lowest BCUT2D eigenvalue weighted by Gasteiger charge is -2.12. The number of benzene rings is 1. The average molecular weight is 603 g/mol. The summed E-state index contributed by atoms with van der Waals surface area (Å²) in [6.07, 6.45) is 0. The molecule has 0 amide bonds. The topological polar surface area (TPSA) is 208 Å². The molecule has 0 aliphatic rings. The predicted octanol–water partition coefficient (Wildman–Crippen LogP) is 1.12. The molecule has 0 unspecified atom stereocenters. The number of hydrogen-bond donors (Lipinski definition) is 1. The Morgan fingerprint density at radius 2 is 0.767 bits per heavy atom. The van der Waals surface area contributed by atoms with Gasteiger partial charge in [0, 0.05) is 0 Å². The minimum absolute atomic E-state index is 0.0480. The van der Waals surface area contributed by atoms with E-state index in [0.717, 1.165) is 49.8 Å². The van der Waals surface area contributed by atoms with Crippen molar-refractivity contribution >= 4 is 47.5 Å². The van der Waals surface area contributed by atoms with Crippen LogP contribution >= 0.6 is 0 Å². The Bertz CT molecular complexity index is 1500. The smallest absolute Gasteiger partial charge is 0.341 e. The third-order valence-corrected chi connectivity index (χ3v) is 5.68. The second kappa shape index (κ2) is 14.7. The van der Waals surface area contributed by atoms with Gasteiger partial charge in [0.25, 0.3) is 0 Å². The lowest BCUT2D eigenvalue weighted by molar-refractivity contribution is 0.0513. The van der Waals surface area contributed by atoms with Crippen LogP contribution in [0.25, 0.3) is 0 Å². The summed E-state index contributed by atoms with van der Waals surface area (Å²) in [5.74, 6) is -9.37. The maximum atomic E-state index is 13.3. The Balaban J connectivity index is 3.57. The van der Waals surface area contributed by atoms with E-state index in [1.54, 1.807) is 0 Å². The average Bonchev–Trinajstić information content (AvgIpc) is 3.17. The number of para-hydroxylation sites is 1. The zero-order valence-electron chi connectivity index (χ0n) is 24.0. The number of nitrogens with zero attached hydrogens (tertiary/aromatic N) is 1. The molecule has 0 bridgehead atoms. The Kier molecular flexibility index (Phi) is 11.4. The van der Waals surface area contributed by atoms with Gasteiger partial charge in [-0.05, 0) is 12.1 Å². The number of carbonyl (C=O) groups is 7. The standard InChI is InChI=1S/C27H26N2O14/c1-37-21(30)12-10-8-9-11-13(12)28-29-20-18(26(35)42-6)16(24(33)40-4)14(22(31)38-2)15(23(32)39-3)17(25(34)41-5)19(20)27(36)43-7/h8-11,28H,1-7H3. The van der Waals surface area contributed by atoms with Crippen molar-refractivity contribution in [3.8, 4) is 0 Å². The van der Waals surface area contributed by atoms with Gasteiger partial charge in [-0.1, -0.05) is 12.1 Å². The number of nitrogens with one attached hydrogen (secondary N) is 1. The number of methoxy groups -OCH3 is 7. The molecule has 0 fully saturated rings. The van der Waals surface area contributed by atoms with Gasteiger partial charge >= 0.3 is 41.8 Å². The van der Waals surface area contributed by atoms with Crippen LogP contribution in [0.5, 0.6) is 0 Å². The predicted molar refractivity (Wildman–Crippen MR) is 141 cm³/mol. The lowest BCUT2D eigenvalue weighted by atomic mass is 9.98. The number of ether oxygens (including phenoxy) is 7. The number of rotatable bonds is 9. The molecule has 0 spiro atoms. The highest BCUT2D eigenvalue weighted by atomic mass is 16.5. The third kappa shape index (κ3) is 6.58. The van der Waals surface area contributed by atoms with Crippen molar-refractivity contribution in [2.75, 3.05) is 55.2 Å². The van der Waals surface area contributed by atoms with Gasteiger partial charge in [0.05, 0.1) is 83.3 Å². The van der Waals surface area contributed by atoms with Crippen LogP contribution in [0, 0.1) is 0 Å². The number of esters is 7. The van der Waals surface area contributed by atoms with Crippen molar-refractivity contribution in [2.24, 2.45) is 5.10 Å². The molecule has 228 valence electrons. The van der Waals surface area contributed by atoms with E-state index < -0.39 is 80.5 Å². The van der Waals surface area contributed by atoms with Gasteiger partial charge in [0.15, 0.2) is 0 Å². The molecule has 2 aromatic rings. The van der Waals surface area contributed by atoms with E-state index in [4.69, 9.17) is 33.2 Å². The number of hydrogen-bond acceptors (Lipinski definition) is 16. The highest BCUT2D eigenvalue weighted by Crippen LogP contribution is 2.27. The quantitative estimate of drug-likeness (QED) is 0.242. The second-order valence-corrected chi connectivity index (χ2v) is 7.81. The molecule has 43 heavy (non-hydrogen) atoms. The van der Waals surface area contributed by atoms with Crippen LogP contribution in [0.2, 0.25) is 0 Å². The molecule has 0 saturated heterocycles. The van der Waals surface area contributed by atoms with Crippen LogP contribution in [0.15, 0.2) is 29.4 Å². The van der Waals surface area contributed by atoms with Crippen LogP contribution in [0.3, 0.4) is 0 Å². The van der Waals surface area contributed by atoms with Gasteiger partial charge < -0.3 is 33.2 Å². The molecule has 1 N–H and O–H groups in total. The van der Waals surface area contributed by atoms with Gasteiger partial charge in [0.2, 0.25) is 0 Å². The van der Waals surface area contributed by atoms with Crippen molar-refractivity contribution < 1.29 is 66.7 Å². The van der Waals surface area contributed by atoms with E-state index in [0.29, 0.717) is 0 Å². The zero-order chi connectivity index (χ0) is 32.4. The van der Waals surface area contributed by atoms with E-state index in [-0.39, 0.29) is 11.3 Å². The summed E-state index contributed by atoms with van der Waals surface area (Å²) in [7, 11) is 6.37. The number of carbonyl (C=O) groups excluding carboxylic acids is 7. The summed E-state index contributed by atoms with van der Waals surface area (Å²) < 4.78 is 33.5. The summed E-state index contributed by atoms with van der Waals surface area (Å²) >= 11 is 0. The molecule has 0 atom stereocenters. The highest BCUT2D eigenvalue weighted by molar-refractivity contribution is 6.20. The number of anilines is 1. The van der Waals surface area contributed by atoms with Crippen LogP contribution in [-0.4, -0.2) is 91.6 Å². The molecule has 0 aliphatic heterocycles. The van der Waals surface area contributed by atoms with Crippen LogP contribution in [0.4, 0.5) is 5.69 Å². The second-order valence-electron chi connectivity index (χ2n) is 7.81. The van der Waals surface area contributed by atoms with Crippen molar-refractivity contribution in [1.82, 2.24) is 0 Å². The first-order chi connectivity index (χ1) is 20.5. The molecular weight excluding hydrogens is 576 g/mol. The molecule has 0 heterocycles. The van der Waals surface area contributed by atoms with E-state index in [2.05, 4.69) is 10.5 Å². The first-order valence-electron chi connectivity index (χ1n) is 11.7. The molecule has 16 heteroatoms. The van der Waals surface area contributed by atoms with E-state index in [1.807, 2.05) is 0 Å². The van der Waals surface area contributed by atoms with Crippen molar-refractivity contribution in [2.45, 2.75) is 0 Å². The molecular formula is C27H26N2O14. The minimum Gasteiger partial charge on any atom is -0.465 e. The molecule has 16 nitrogen and oxygen atoms in total. The maximum absolute atomic E-state index is 13.3. The van der Waals surface area contributed by atoms with Gasteiger partial charge in [-0.15, -0.1) is 0 Å². The Morgan fingerprint density at radius 3 is 1.12 bits per heavy atom. The van der Waals surface area contributed by atoms with E-state index in [9.17, 15) is 33.6 Å². The fourth-order valence-electron chi connectivity index (χ4n) is 3.78. The SMILES string of the molecule is COC(=O)c1ccccc1NN=c1c(C(=O)OC)c(C(=O)OC)c(C(=O)OC)c(C(=O)OC)c(C(=O)OC)c1C(=O)OC. The molecule has 2 aromatic carbocycles. The summed E-state index contributed by atoms with van der Waals surface area (Å²) in [6, 6.07) is 5.69. The Labute approximate surface area is 243 Å². The van der Waals surface area contributed by atoms with Crippen LogP contribution in [-0.2, 0) is 33.2 Å². The molecule has 0 saturated carbocycles. The molecule has 0 aliphatic carbocycles. The third-order valence-electron chi connectivity index (χ3n) is 5.68. The maximum Gasteiger partial charge on any atom is 0.341 e. The highest BCUT2D eigenvalue weighted by Gasteiger charge is 2.40. The zero-order valence-corrected chi connectivity index (χ0v) is 24.0. The fraction of sp³-hybridized carbons (Fsp3) is 0.259. The van der Waals surface area contributed by atoms with E-state index >= 15 is 0 Å². The molecule has 0 radical (unpaired) electrons. The van der Waals surface area contributed by atoms with Crippen LogP contribution < -0.4 is 10.8 Å². The Hall–Kier alpha value is -5.80. The normalized spacial score (nSPS) is 9.93.